The molecule has 56 valence electrons. The summed E-state index contributed by atoms with van der Waals surface area (Å²) in [5.41, 5.74) is 0. The second-order valence-electron chi connectivity index (χ2n) is 1.49. The summed E-state index contributed by atoms with van der Waals surface area (Å²) in [5.74, 6) is 0. The summed E-state index contributed by atoms with van der Waals surface area (Å²) in [6.07, 6.45) is 2.64. The van der Waals surface area contributed by atoms with Gasteiger partial charge in [-0.25, -0.2) is 0 Å². The topological polar surface area (TPSA) is 0 Å². The maximum atomic E-state index is 2.18. The molecule has 0 aromatic rings. The molecule has 1 heterocycles. The minimum Gasteiger partial charge on any atom is -0.0698 e. The predicted molar refractivity (Wildman–Crippen MR) is 55.8 cm³/mol. The molecule has 0 atom stereocenters. The minimum absolute atomic E-state index is 1.26. The van der Waals surface area contributed by atoms with E-state index in [9.17, 15) is 0 Å². The fourth-order valence-electron chi connectivity index (χ4n) is 0.0982. The number of unbranched alkanes of at least 4 members (excludes halogenated alkanes) is 1. The van der Waals surface area contributed by atoms with Crippen LogP contribution in [0.5, 0.6) is 0 Å². The molecule has 0 spiro atoms. The minimum atomic E-state index is 1.26. The van der Waals surface area contributed by atoms with Gasteiger partial charge in [0.1, 0.15) is 0 Å². The van der Waals surface area contributed by atoms with Gasteiger partial charge in [0.05, 0.1) is 5.08 Å². The maximum Gasteiger partial charge on any atom is 0.0616 e. The zero-order valence-electron chi connectivity index (χ0n) is 5.75. The molecule has 1 saturated heterocycles. The fraction of sp³-hybridized carbons (Fsp3) is 1.00. The lowest BCUT2D eigenvalue weighted by atomic mass is 10.4. The third-order valence-corrected chi connectivity index (χ3v) is 7.95. The van der Waals surface area contributed by atoms with Crippen LogP contribution in [0.1, 0.15) is 26.7 Å². The Bertz CT molecular complexity index is 34.6. The van der Waals surface area contributed by atoms with Crippen LogP contribution >= 0.6 is 41.2 Å². The second-order valence-corrected chi connectivity index (χ2v) is 7.86. The van der Waals surface area contributed by atoms with Crippen molar-refractivity contribution in [2.24, 2.45) is 0 Å². The van der Waals surface area contributed by atoms with Crippen LogP contribution in [-0.2, 0) is 0 Å². The van der Waals surface area contributed by atoms with Crippen molar-refractivity contribution in [3.05, 3.63) is 0 Å². The van der Waals surface area contributed by atoms with E-state index in [-0.39, 0.29) is 0 Å². The second kappa shape index (κ2) is 9.40. The molecule has 1 fully saturated rings. The van der Waals surface area contributed by atoms with Crippen LogP contribution < -0.4 is 0 Å². The molecule has 0 radical (unpaired) electrons. The van der Waals surface area contributed by atoms with Crippen molar-refractivity contribution >= 4 is 41.2 Å². The van der Waals surface area contributed by atoms with Gasteiger partial charge < -0.3 is 0 Å². The molecule has 0 aromatic carbocycles. The molecule has 0 nitrogen and oxygen atoms in total. The van der Waals surface area contributed by atoms with Crippen molar-refractivity contribution < 1.29 is 0 Å². The predicted octanol–water partition coefficient (Wildman–Crippen LogP) is 4.44. The monoisotopic (exact) mass is 200 g/mol. The smallest absolute Gasteiger partial charge is 0.0616 e. The normalized spacial score (nSPS) is 16.7. The molecule has 1 aliphatic rings. The zero-order chi connectivity index (χ0) is 6.95. The van der Waals surface area contributed by atoms with Gasteiger partial charge in [0.25, 0.3) is 0 Å². The molecule has 0 amide bonds. The Morgan fingerprint density at radius 2 is 1.44 bits per heavy atom. The van der Waals surface area contributed by atoms with E-state index in [1.54, 1.807) is 0 Å². The van der Waals surface area contributed by atoms with E-state index in [1.807, 2.05) is 41.2 Å². The molecule has 4 heteroatoms. The molecule has 0 bridgehead atoms. The SMILES string of the molecule is C1SSSS1.CCCC. The van der Waals surface area contributed by atoms with Crippen LogP contribution in [0.2, 0.25) is 0 Å². The zero-order valence-corrected chi connectivity index (χ0v) is 9.02. The fourth-order valence-corrected chi connectivity index (χ4v) is 7.95. The summed E-state index contributed by atoms with van der Waals surface area (Å²) in [5, 5.41) is 1.26. The number of rotatable bonds is 1. The average molecular weight is 200 g/mol. The van der Waals surface area contributed by atoms with Gasteiger partial charge in [-0.3, -0.25) is 0 Å². The summed E-state index contributed by atoms with van der Waals surface area (Å²) in [6.45, 7) is 4.36. The van der Waals surface area contributed by atoms with Gasteiger partial charge in [-0.05, 0) is 19.7 Å². The van der Waals surface area contributed by atoms with Crippen LogP contribution in [0.4, 0.5) is 0 Å². The third-order valence-electron chi connectivity index (χ3n) is 0.720. The molecule has 1 rings (SSSR count). The van der Waals surface area contributed by atoms with Gasteiger partial charge in [0, 0.05) is 0 Å². The Kier molecular flexibility index (Phi) is 10.9. The maximum absolute atomic E-state index is 2.18. The Morgan fingerprint density at radius 3 is 1.56 bits per heavy atom. The van der Waals surface area contributed by atoms with E-state index >= 15 is 0 Å². The molecule has 0 N–H and O–H groups in total. The molecular weight excluding hydrogens is 188 g/mol. The van der Waals surface area contributed by atoms with E-state index in [2.05, 4.69) is 13.8 Å². The lowest BCUT2D eigenvalue weighted by Crippen LogP contribution is -1.47. The van der Waals surface area contributed by atoms with Gasteiger partial charge >= 0.3 is 0 Å². The highest BCUT2D eigenvalue weighted by Gasteiger charge is 1.98. The average Bonchev–Trinajstić information content (AvgIpc) is 2.43. The number of hydrogen-bond donors (Lipinski definition) is 0. The van der Waals surface area contributed by atoms with Gasteiger partial charge in [-0.15, -0.1) is 0 Å². The summed E-state index contributed by atoms with van der Waals surface area (Å²) >= 11 is 0. The molecule has 9 heavy (non-hydrogen) atoms. The van der Waals surface area contributed by atoms with Crippen LogP contribution in [0.25, 0.3) is 0 Å². The first kappa shape index (κ1) is 10.4. The highest BCUT2D eigenvalue weighted by Crippen LogP contribution is 2.53. The molecule has 1 aliphatic heterocycles. The van der Waals surface area contributed by atoms with Crippen LogP contribution in [0.3, 0.4) is 0 Å². The molecule has 0 aromatic heterocycles. The van der Waals surface area contributed by atoms with Crippen molar-refractivity contribution in [1.29, 1.82) is 0 Å². The van der Waals surface area contributed by atoms with Crippen molar-refractivity contribution in [3.8, 4) is 0 Å². The molecule has 0 unspecified atom stereocenters. The summed E-state index contributed by atoms with van der Waals surface area (Å²) in [4.78, 5) is 0. The Hall–Kier alpha value is 1.40. The first-order valence-corrected chi connectivity index (χ1v) is 8.15. The molecular formula is C5H12S4. The van der Waals surface area contributed by atoms with Crippen molar-refractivity contribution in [2.75, 3.05) is 5.08 Å². The standard InChI is InChI=1S/C4H10.CH2S4/c1-3-4-2;1-2-4-5-3-1/h3-4H2,1-2H3;1H2. The van der Waals surface area contributed by atoms with Gasteiger partial charge in [0.15, 0.2) is 0 Å². The summed E-state index contributed by atoms with van der Waals surface area (Å²) < 4.78 is 0. The highest BCUT2D eigenvalue weighted by atomic mass is 33.7. The summed E-state index contributed by atoms with van der Waals surface area (Å²) in [7, 11) is 7.57. The van der Waals surface area contributed by atoms with Crippen molar-refractivity contribution in [2.45, 2.75) is 26.7 Å². The quantitative estimate of drug-likeness (QED) is 0.574. The van der Waals surface area contributed by atoms with Crippen LogP contribution in [-0.4, -0.2) is 5.08 Å². The molecule has 0 aliphatic carbocycles. The van der Waals surface area contributed by atoms with Crippen molar-refractivity contribution in [3.63, 3.8) is 0 Å². The van der Waals surface area contributed by atoms with Gasteiger partial charge in [-0.2, -0.15) is 0 Å². The first-order chi connectivity index (χ1) is 4.41. The molecule has 0 saturated carbocycles. The van der Waals surface area contributed by atoms with E-state index < -0.39 is 0 Å². The van der Waals surface area contributed by atoms with E-state index in [0.717, 1.165) is 0 Å². The lowest BCUT2D eigenvalue weighted by Gasteiger charge is -1.68. The Labute approximate surface area is 72.9 Å². The largest absolute Gasteiger partial charge is 0.0698 e. The van der Waals surface area contributed by atoms with Crippen LogP contribution in [0, 0.1) is 0 Å². The number of hydrogen-bond acceptors (Lipinski definition) is 4. The van der Waals surface area contributed by atoms with E-state index in [1.165, 1.54) is 17.9 Å². The summed E-state index contributed by atoms with van der Waals surface area (Å²) in [6, 6.07) is 0. The third kappa shape index (κ3) is 9.40. The van der Waals surface area contributed by atoms with Crippen LogP contribution in [0.15, 0.2) is 0 Å². The van der Waals surface area contributed by atoms with E-state index in [0.29, 0.717) is 0 Å². The van der Waals surface area contributed by atoms with E-state index in [4.69, 9.17) is 0 Å². The lowest BCUT2D eigenvalue weighted by molar-refractivity contribution is 0.886. The Balaban J connectivity index is 0.000000148. The first-order valence-electron chi connectivity index (χ1n) is 2.99. The van der Waals surface area contributed by atoms with Gasteiger partial charge in [0.2, 0.25) is 0 Å². The highest BCUT2D eigenvalue weighted by molar-refractivity contribution is 9.30. The Morgan fingerprint density at radius 1 is 1.00 bits per heavy atom. The van der Waals surface area contributed by atoms with Crippen molar-refractivity contribution in [1.82, 2.24) is 0 Å². The van der Waals surface area contributed by atoms with Gasteiger partial charge in [-0.1, -0.05) is 48.3 Å².